The average molecular weight is 180 g/mol. The topological polar surface area (TPSA) is 0 Å². The maximum atomic E-state index is 2.41. The first-order valence-corrected chi connectivity index (χ1v) is 2.95. The Morgan fingerprint density at radius 2 is 2.20 bits per heavy atom. The molecule has 0 nitrogen and oxygen atoms in total. The number of hydrogen-bond donors (Lipinski definition) is 0. The zero-order valence-electron chi connectivity index (χ0n) is 2.82. The van der Waals surface area contributed by atoms with Crippen LogP contribution in [0.3, 0.4) is 0 Å². The summed E-state index contributed by atoms with van der Waals surface area (Å²) in [5.41, 5.74) is 0. The van der Waals surface area contributed by atoms with E-state index in [4.69, 9.17) is 0 Å². The second-order valence-electron chi connectivity index (χ2n) is 1.18. The van der Waals surface area contributed by atoms with Gasteiger partial charge in [-0.3, -0.25) is 0 Å². The summed E-state index contributed by atoms with van der Waals surface area (Å²) in [7, 11) is 0. The Labute approximate surface area is 45.4 Å². The van der Waals surface area contributed by atoms with Crippen LogP contribution in [0.4, 0.5) is 0 Å². The lowest BCUT2D eigenvalue weighted by Gasteiger charge is -2.05. The average Bonchev–Trinajstić information content (AvgIpc) is 1.30. The zero-order valence-corrected chi connectivity index (χ0v) is 4.97. The van der Waals surface area contributed by atoms with Crippen LogP contribution < -0.4 is 0 Å². The second kappa shape index (κ2) is 1.29. The van der Waals surface area contributed by atoms with E-state index in [1.54, 1.807) is 0 Å². The van der Waals surface area contributed by atoms with Crippen molar-refractivity contribution in [3.8, 4) is 0 Å². The molecule has 0 heterocycles. The summed E-state index contributed by atoms with van der Waals surface area (Å²) in [6.07, 6.45) is 5.69. The van der Waals surface area contributed by atoms with Crippen LogP contribution in [-0.2, 0) is 0 Å². The predicted molar refractivity (Wildman–Crippen MR) is 31.6 cm³/mol. The van der Waals surface area contributed by atoms with E-state index in [-0.39, 0.29) is 0 Å². The lowest BCUT2D eigenvalue weighted by atomic mass is 10.1. The fraction of sp³-hybridized carbons (Fsp3) is 0.500. The molecule has 0 aromatic carbocycles. The third-order valence-corrected chi connectivity index (χ3v) is 1.63. The largest absolute Gasteiger partial charge is 0.0861 e. The molecular weight excluding hydrogens is 175 g/mol. The van der Waals surface area contributed by atoms with Crippen molar-refractivity contribution in [1.82, 2.24) is 0 Å². The van der Waals surface area contributed by atoms with Crippen LogP contribution in [0.5, 0.6) is 0 Å². The summed E-state index contributed by atoms with van der Waals surface area (Å²) in [6.45, 7) is 0. The van der Waals surface area contributed by atoms with Crippen LogP contribution in [-0.4, -0.2) is 3.92 Å². The first-order chi connectivity index (χ1) is 2.39. The first kappa shape index (κ1) is 3.65. The molecule has 0 saturated carbocycles. The fourth-order valence-electron chi connectivity index (χ4n) is 0.239. The molecule has 0 spiro atoms. The van der Waals surface area contributed by atoms with Crippen LogP contribution in [0.2, 0.25) is 0 Å². The third-order valence-electron chi connectivity index (χ3n) is 0.706. The van der Waals surface area contributed by atoms with Crippen molar-refractivity contribution in [3.63, 3.8) is 0 Å². The van der Waals surface area contributed by atoms with E-state index in [1.165, 1.54) is 6.42 Å². The van der Waals surface area contributed by atoms with Gasteiger partial charge in [0.1, 0.15) is 0 Å². The van der Waals surface area contributed by atoms with Gasteiger partial charge in [0.05, 0.1) is 0 Å². The molecule has 1 rings (SSSR count). The third kappa shape index (κ3) is 0.651. The summed E-state index contributed by atoms with van der Waals surface area (Å²) in [6, 6.07) is 0. The molecule has 0 radical (unpaired) electrons. The van der Waals surface area contributed by atoms with Crippen molar-refractivity contribution >= 4 is 22.6 Å². The van der Waals surface area contributed by atoms with E-state index in [2.05, 4.69) is 34.7 Å². The standard InChI is InChI=1S/C4H5I/c5-4-2-1-3-4/h1-2,4H,3H2/t4-/m0/s1. The molecule has 0 amide bonds. The van der Waals surface area contributed by atoms with Crippen LogP contribution in [0.15, 0.2) is 12.2 Å². The quantitative estimate of drug-likeness (QED) is 0.302. The van der Waals surface area contributed by atoms with E-state index in [9.17, 15) is 0 Å². The van der Waals surface area contributed by atoms with E-state index in [1.807, 2.05) is 0 Å². The molecule has 0 fully saturated rings. The summed E-state index contributed by atoms with van der Waals surface area (Å²) in [5.74, 6) is 0. The zero-order chi connectivity index (χ0) is 3.70. The highest BCUT2D eigenvalue weighted by atomic mass is 127. The van der Waals surface area contributed by atoms with E-state index >= 15 is 0 Å². The number of alkyl halides is 1. The Hall–Kier alpha value is 0.470. The molecule has 0 aromatic rings. The molecule has 0 unspecified atom stereocenters. The minimum atomic E-state index is 0.854. The second-order valence-corrected chi connectivity index (χ2v) is 2.78. The highest BCUT2D eigenvalue weighted by Gasteiger charge is 2.00. The molecule has 0 bridgehead atoms. The van der Waals surface area contributed by atoms with Gasteiger partial charge >= 0.3 is 0 Å². The number of halogens is 1. The van der Waals surface area contributed by atoms with Gasteiger partial charge in [-0.05, 0) is 6.42 Å². The maximum Gasteiger partial charge on any atom is 0.0323 e. The van der Waals surface area contributed by atoms with Crippen molar-refractivity contribution in [3.05, 3.63) is 12.2 Å². The molecule has 1 heteroatoms. The molecule has 0 N–H and O–H groups in total. The van der Waals surface area contributed by atoms with Gasteiger partial charge in [0.2, 0.25) is 0 Å². The Bertz CT molecular complexity index is 56.7. The maximum absolute atomic E-state index is 2.41. The van der Waals surface area contributed by atoms with Crippen molar-refractivity contribution in [1.29, 1.82) is 0 Å². The molecule has 1 aliphatic rings. The molecular formula is C4H5I. The smallest absolute Gasteiger partial charge is 0.0323 e. The van der Waals surface area contributed by atoms with Crippen LogP contribution in [0, 0.1) is 0 Å². The molecule has 1 atom stereocenters. The van der Waals surface area contributed by atoms with Gasteiger partial charge in [-0.2, -0.15) is 0 Å². The van der Waals surface area contributed by atoms with Gasteiger partial charge in [-0.15, -0.1) is 0 Å². The molecule has 0 aromatic heterocycles. The molecule has 5 heavy (non-hydrogen) atoms. The van der Waals surface area contributed by atoms with Crippen LogP contribution in [0.25, 0.3) is 0 Å². The molecule has 28 valence electrons. The van der Waals surface area contributed by atoms with Gasteiger partial charge in [0.15, 0.2) is 0 Å². The van der Waals surface area contributed by atoms with Gasteiger partial charge in [-0.25, -0.2) is 0 Å². The predicted octanol–water partition coefficient (Wildman–Crippen LogP) is 1.75. The SMILES string of the molecule is I[C@H]1C=CC1. The molecule has 0 aliphatic heterocycles. The van der Waals surface area contributed by atoms with Gasteiger partial charge in [-0.1, -0.05) is 34.7 Å². The molecule has 0 saturated heterocycles. The van der Waals surface area contributed by atoms with E-state index < -0.39 is 0 Å². The Balaban J connectivity index is 2.39. The lowest BCUT2D eigenvalue weighted by Crippen LogP contribution is -1.96. The summed E-state index contributed by atoms with van der Waals surface area (Å²) in [5, 5.41) is 0. The van der Waals surface area contributed by atoms with Crippen LogP contribution >= 0.6 is 22.6 Å². The van der Waals surface area contributed by atoms with Crippen molar-refractivity contribution in [2.75, 3.05) is 0 Å². The first-order valence-electron chi connectivity index (χ1n) is 1.70. The van der Waals surface area contributed by atoms with E-state index in [0.29, 0.717) is 0 Å². The lowest BCUT2D eigenvalue weighted by molar-refractivity contribution is 1.02. The van der Waals surface area contributed by atoms with Crippen LogP contribution in [0.1, 0.15) is 6.42 Å². The Kier molecular flexibility index (Phi) is 0.939. The summed E-state index contributed by atoms with van der Waals surface area (Å²) < 4.78 is 0.854. The molecule has 1 aliphatic carbocycles. The summed E-state index contributed by atoms with van der Waals surface area (Å²) in [4.78, 5) is 0. The Morgan fingerprint density at radius 1 is 1.80 bits per heavy atom. The highest BCUT2D eigenvalue weighted by molar-refractivity contribution is 14.1. The minimum absolute atomic E-state index is 0.854. The minimum Gasteiger partial charge on any atom is -0.0861 e. The number of rotatable bonds is 0. The van der Waals surface area contributed by atoms with Crippen molar-refractivity contribution in [2.24, 2.45) is 0 Å². The normalized spacial score (nSPS) is 33.4. The number of allylic oxidation sites excluding steroid dienone is 2. The Morgan fingerprint density at radius 3 is 2.20 bits per heavy atom. The van der Waals surface area contributed by atoms with Gasteiger partial charge in [0.25, 0.3) is 0 Å². The van der Waals surface area contributed by atoms with Gasteiger partial charge in [0, 0.05) is 3.92 Å². The summed E-state index contributed by atoms with van der Waals surface area (Å²) >= 11 is 2.41. The van der Waals surface area contributed by atoms with E-state index in [0.717, 1.165) is 3.92 Å². The highest BCUT2D eigenvalue weighted by Crippen LogP contribution is 2.16. The monoisotopic (exact) mass is 180 g/mol. The number of hydrogen-bond acceptors (Lipinski definition) is 0. The fourth-order valence-corrected chi connectivity index (χ4v) is 0.826. The van der Waals surface area contributed by atoms with Crippen molar-refractivity contribution < 1.29 is 0 Å². The van der Waals surface area contributed by atoms with Crippen molar-refractivity contribution in [2.45, 2.75) is 10.3 Å². The van der Waals surface area contributed by atoms with Gasteiger partial charge < -0.3 is 0 Å².